The number of aliphatic hydroxyl groups excluding tert-OH is 1. The van der Waals surface area contributed by atoms with E-state index in [9.17, 15) is 9.90 Å². The minimum absolute atomic E-state index is 0.123. The summed E-state index contributed by atoms with van der Waals surface area (Å²) in [7, 11) is 0. The molecule has 1 amide bonds. The number of hydrogen-bond donors (Lipinski definition) is 1. The molecule has 3 nitrogen and oxygen atoms in total. The van der Waals surface area contributed by atoms with Crippen LogP contribution < -0.4 is 0 Å². The van der Waals surface area contributed by atoms with Crippen LogP contribution in [0.25, 0.3) is 0 Å². The van der Waals surface area contributed by atoms with Crippen molar-refractivity contribution in [3.63, 3.8) is 0 Å². The molecule has 0 aromatic carbocycles. The van der Waals surface area contributed by atoms with Crippen LogP contribution in [0.15, 0.2) is 0 Å². The number of carbonyl (C=O) groups excluding carboxylic acids is 1. The summed E-state index contributed by atoms with van der Waals surface area (Å²) < 4.78 is 0. The molecule has 1 rings (SSSR count). The number of nitrogens with zero attached hydrogens (tertiary/aromatic N) is 1. The third-order valence-electron chi connectivity index (χ3n) is 3.49. The highest BCUT2D eigenvalue weighted by Gasteiger charge is 2.27. The van der Waals surface area contributed by atoms with Crippen LogP contribution in [0.1, 0.15) is 40.0 Å². The second-order valence-corrected chi connectivity index (χ2v) is 4.74. The van der Waals surface area contributed by atoms with Crippen molar-refractivity contribution in [3.05, 3.63) is 0 Å². The Morgan fingerprint density at radius 1 is 1.53 bits per heavy atom. The number of hydrogen-bond acceptors (Lipinski definition) is 2. The molecule has 1 fully saturated rings. The highest BCUT2D eigenvalue weighted by molar-refractivity contribution is 5.78. The van der Waals surface area contributed by atoms with E-state index in [-0.39, 0.29) is 23.8 Å². The van der Waals surface area contributed by atoms with Crippen molar-refractivity contribution < 1.29 is 9.90 Å². The van der Waals surface area contributed by atoms with Crippen LogP contribution in [0.2, 0.25) is 0 Å². The van der Waals surface area contributed by atoms with E-state index in [2.05, 4.69) is 0 Å². The topological polar surface area (TPSA) is 40.5 Å². The molecule has 15 heavy (non-hydrogen) atoms. The molecule has 1 N–H and O–H groups in total. The lowest BCUT2D eigenvalue weighted by atomic mass is 9.92. The van der Waals surface area contributed by atoms with E-state index in [0.717, 1.165) is 32.4 Å². The van der Waals surface area contributed by atoms with E-state index in [4.69, 9.17) is 0 Å². The average Bonchev–Trinajstić information content (AvgIpc) is 2.27. The molecule has 1 aliphatic rings. The third kappa shape index (κ3) is 3.20. The van der Waals surface area contributed by atoms with Gasteiger partial charge in [-0.3, -0.25) is 4.79 Å². The summed E-state index contributed by atoms with van der Waals surface area (Å²) in [4.78, 5) is 13.9. The van der Waals surface area contributed by atoms with Crippen LogP contribution in [0.5, 0.6) is 0 Å². The van der Waals surface area contributed by atoms with Crippen molar-refractivity contribution in [2.45, 2.75) is 46.1 Å². The van der Waals surface area contributed by atoms with Gasteiger partial charge in [-0.05, 0) is 26.2 Å². The Balaban J connectivity index is 2.52. The van der Waals surface area contributed by atoms with Gasteiger partial charge in [0.05, 0.1) is 6.10 Å². The normalized spacial score (nSPS) is 26.1. The van der Waals surface area contributed by atoms with Gasteiger partial charge in [-0.1, -0.05) is 13.8 Å². The molecule has 1 aliphatic heterocycles. The number of rotatable bonds is 3. The zero-order valence-corrected chi connectivity index (χ0v) is 10.1. The average molecular weight is 213 g/mol. The highest BCUT2D eigenvalue weighted by atomic mass is 16.3. The molecule has 0 spiro atoms. The Morgan fingerprint density at radius 2 is 2.20 bits per heavy atom. The van der Waals surface area contributed by atoms with Gasteiger partial charge in [-0.25, -0.2) is 0 Å². The molecule has 0 aliphatic carbocycles. The molecule has 3 heteroatoms. The van der Waals surface area contributed by atoms with Crippen molar-refractivity contribution in [2.24, 2.45) is 11.8 Å². The molecule has 0 aromatic heterocycles. The number of piperidine rings is 1. The summed E-state index contributed by atoms with van der Waals surface area (Å²) in [6, 6.07) is 0. The lowest BCUT2D eigenvalue weighted by Gasteiger charge is -2.35. The lowest BCUT2D eigenvalue weighted by molar-refractivity contribution is -0.137. The van der Waals surface area contributed by atoms with E-state index in [1.165, 1.54) is 0 Å². The maximum Gasteiger partial charge on any atom is 0.225 e. The van der Waals surface area contributed by atoms with Crippen LogP contribution in [0.4, 0.5) is 0 Å². The van der Waals surface area contributed by atoms with Gasteiger partial charge in [-0.15, -0.1) is 0 Å². The smallest absolute Gasteiger partial charge is 0.225 e. The van der Waals surface area contributed by atoms with Gasteiger partial charge in [0.25, 0.3) is 0 Å². The van der Waals surface area contributed by atoms with E-state index in [0.29, 0.717) is 0 Å². The van der Waals surface area contributed by atoms with Crippen molar-refractivity contribution in [1.29, 1.82) is 0 Å². The fraction of sp³-hybridized carbons (Fsp3) is 0.917. The SMILES string of the molecule is CCC(C)C(=O)N1CCCC(C(C)O)C1. The molecule has 3 atom stereocenters. The van der Waals surface area contributed by atoms with E-state index >= 15 is 0 Å². The molecular weight excluding hydrogens is 190 g/mol. The zero-order valence-electron chi connectivity index (χ0n) is 10.1. The van der Waals surface area contributed by atoms with Crippen LogP contribution >= 0.6 is 0 Å². The van der Waals surface area contributed by atoms with Gasteiger partial charge in [0.1, 0.15) is 0 Å². The molecule has 3 unspecified atom stereocenters. The Bertz CT molecular complexity index is 216. The molecular formula is C12H23NO2. The largest absolute Gasteiger partial charge is 0.393 e. The minimum atomic E-state index is -0.294. The summed E-state index contributed by atoms with van der Waals surface area (Å²) in [5.74, 6) is 0.646. The van der Waals surface area contributed by atoms with Gasteiger partial charge in [0, 0.05) is 24.9 Å². The predicted octanol–water partition coefficient (Wildman–Crippen LogP) is 1.65. The van der Waals surface area contributed by atoms with Gasteiger partial charge in [0.15, 0.2) is 0 Å². The van der Waals surface area contributed by atoms with Crippen LogP contribution in [0.3, 0.4) is 0 Å². The van der Waals surface area contributed by atoms with Crippen LogP contribution in [-0.4, -0.2) is 35.1 Å². The van der Waals surface area contributed by atoms with Crippen molar-refractivity contribution >= 4 is 5.91 Å². The number of aliphatic hydroxyl groups is 1. The first-order chi connectivity index (χ1) is 7.06. The van der Waals surface area contributed by atoms with E-state index < -0.39 is 0 Å². The van der Waals surface area contributed by atoms with Crippen molar-refractivity contribution in [3.8, 4) is 0 Å². The zero-order chi connectivity index (χ0) is 11.4. The van der Waals surface area contributed by atoms with Gasteiger partial charge >= 0.3 is 0 Å². The maximum atomic E-state index is 11.9. The Labute approximate surface area is 92.5 Å². The standard InChI is InChI=1S/C12H23NO2/c1-4-9(2)12(15)13-7-5-6-11(8-13)10(3)14/h9-11,14H,4-8H2,1-3H3. The number of carbonyl (C=O) groups is 1. The second kappa shape index (κ2) is 5.50. The quantitative estimate of drug-likeness (QED) is 0.774. The fourth-order valence-electron chi connectivity index (χ4n) is 2.09. The van der Waals surface area contributed by atoms with Crippen molar-refractivity contribution in [2.75, 3.05) is 13.1 Å². The summed E-state index contributed by atoms with van der Waals surface area (Å²) in [5.41, 5.74) is 0. The Hall–Kier alpha value is -0.570. The highest BCUT2D eigenvalue weighted by Crippen LogP contribution is 2.21. The van der Waals surface area contributed by atoms with Gasteiger partial charge in [0.2, 0.25) is 5.91 Å². The monoisotopic (exact) mass is 213 g/mol. The van der Waals surface area contributed by atoms with E-state index in [1.807, 2.05) is 25.7 Å². The fourth-order valence-corrected chi connectivity index (χ4v) is 2.09. The predicted molar refractivity (Wildman–Crippen MR) is 60.4 cm³/mol. The first-order valence-electron chi connectivity index (χ1n) is 6.03. The molecule has 0 bridgehead atoms. The summed E-state index contributed by atoms with van der Waals surface area (Å²) in [6.07, 6.45) is 2.67. The second-order valence-electron chi connectivity index (χ2n) is 4.74. The Morgan fingerprint density at radius 3 is 2.73 bits per heavy atom. The van der Waals surface area contributed by atoms with Crippen molar-refractivity contribution in [1.82, 2.24) is 4.90 Å². The summed E-state index contributed by atoms with van der Waals surface area (Å²) >= 11 is 0. The maximum absolute atomic E-state index is 11.9. The molecule has 1 saturated heterocycles. The molecule has 1 heterocycles. The van der Waals surface area contributed by atoms with E-state index in [1.54, 1.807) is 0 Å². The lowest BCUT2D eigenvalue weighted by Crippen LogP contribution is -2.44. The molecule has 0 aromatic rings. The van der Waals surface area contributed by atoms with Crippen LogP contribution in [0, 0.1) is 11.8 Å². The molecule has 0 radical (unpaired) electrons. The number of likely N-dealkylation sites (tertiary alicyclic amines) is 1. The Kier molecular flexibility index (Phi) is 4.58. The van der Waals surface area contributed by atoms with Crippen LogP contribution in [-0.2, 0) is 4.79 Å². The molecule has 88 valence electrons. The van der Waals surface area contributed by atoms with Gasteiger partial charge < -0.3 is 10.0 Å². The summed E-state index contributed by atoms with van der Waals surface area (Å²) in [5, 5.41) is 9.53. The minimum Gasteiger partial charge on any atom is -0.393 e. The third-order valence-corrected chi connectivity index (χ3v) is 3.49. The number of amides is 1. The van der Waals surface area contributed by atoms with Gasteiger partial charge in [-0.2, -0.15) is 0 Å². The summed E-state index contributed by atoms with van der Waals surface area (Å²) in [6.45, 7) is 7.45. The molecule has 0 saturated carbocycles. The first kappa shape index (κ1) is 12.5. The first-order valence-corrected chi connectivity index (χ1v) is 6.03.